The number of aromatic nitrogens is 1. The molecule has 0 atom stereocenters. The quantitative estimate of drug-likeness (QED) is 0.140. The average molecular weight is 963 g/mol. The van der Waals surface area contributed by atoms with Crippen LogP contribution in [0, 0.1) is 13.8 Å². The molecule has 360 valence electrons. The Hall–Kier alpha value is -8.98. The van der Waals surface area contributed by atoms with Crippen molar-refractivity contribution < 1.29 is 0 Å². The van der Waals surface area contributed by atoms with Gasteiger partial charge in [-0.15, -0.1) is 0 Å². The molecule has 2 heteroatoms. The Bertz CT molecular complexity index is 3960. The third-order valence-electron chi connectivity index (χ3n) is 15.8. The van der Waals surface area contributed by atoms with E-state index in [-0.39, 0.29) is 5.41 Å². The summed E-state index contributed by atoms with van der Waals surface area (Å²) in [5.74, 6) is 0. The van der Waals surface area contributed by atoms with Crippen molar-refractivity contribution in [2.24, 2.45) is 0 Å². The number of hydrogen-bond donors (Lipinski definition) is 0. The molecule has 0 saturated heterocycles. The van der Waals surface area contributed by atoms with Gasteiger partial charge in [-0.2, -0.15) is 0 Å². The van der Waals surface area contributed by atoms with Crippen LogP contribution >= 0.6 is 0 Å². The molecule has 0 spiro atoms. The summed E-state index contributed by atoms with van der Waals surface area (Å²) in [4.78, 5) is 2.51. The molecule has 0 amide bonds. The van der Waals surface area contributed by atoms with Crippen molar-refractivity contribution >= 4 is 38.9 Å². The molecule has 0 unspecified atom stereocenters. The highest BCUT2D eigenvalue weighted by molar-refractivity contribution is 6.10. The Morgan fingerprint density at radius 2 is 0.867 bits per heavy atom. The van der Waals surface area contributed by atoms with E-state index in [1.165, 1.54) is 105 Å². The van der Waals surface area contributed by atoms with E-state index in [0.29, 0.717) is 0 Å². The highest BCUT2D eigenvalue weighted by atomic mass is 15.1. The lowest BCUT2D eigenvalue weighted by Crippen LogP contribution is -2.32. The van der Waals surface area contributed by atoms with E-state index in [2.05, 4.69) is 305 Å². The first-order chi connectivity index (χ1) is 36.7. The van der Waals surface area contributed by atoms with Gasteiger partial charge in [0.25, 0.3) is 0 Å². The zero-order valence-corrected chi connectivity index (χ0v) is 43.2. The molecule has 0 radical (unpaired) electrons. The first kappa shape index (κ1) is 45.9. The van der Waals surface area contributed by atoms with Crippen LogP contribution in [0.1, 0.15) is 59.7 Å². The molecule has 75 heavy (non-hydrogen) atoms. The lowest BCUT2D eigenvalue weighted by Gasteiger charge is -2.38. The third kappa shape index (κ3) is 7.63. The van der Waals surface area contributed by atoms with Crippen molar-refractivity contribution in [3.63, 3.8) is 0 Å². The Morgan fingerprint density at radius 3 is 1.43 bits per heavy atom. The van der Waals surface area contributed by atoms with Crippen LogP contribution in [0.3, 0.4) is 0 Å². The minimum atomic E-state index is -0.651. The van der Waals surface area contributed by atoms with E-state index in [1.54, 1.807) is 0 Å². The van der Waals surface area contributed by atoms with Crippen molar-refractivity contribution in [1.82, 2.24) is 4.57 Å². The molecule has 11 aromatic carbocycles. The number of aryl methyl sites for hydroxylation is 2. The smallest absolute Gasteiger partial charge is 0.0717 e. The average Bonchev–Trinajstić information content (AvgIpc) is 3.94. The van der Waals surface area contributed by atoms with Crippen molar-refractivity contribution in [3.8, 4) is 50.2 Å². The standard InChI is InChI=1S/C73H58N2/c1-49-43-53(51-23-11-6-12-24-51)35-40-67(49)75(68-41-36-54(44-50(68)2)52-25-13-7-14-26-52)60-38-39-61-64-46-56(55-37-42-70-63(45-55)62-33-21-22-34-69(62)74(70)59-31-19-10-20-32-59)47-66(72(3,4)5)71(64)73(65(61)48-60,57-27-15-8-16-28-57)58-29-17-9-18-30-58/h6-48H,1-5H3. The third-order valence-corrected chi connectivity index (χ3v) is 15.8. The minimum absolute atomic E-state index is 0.228. The van der Waals surface area contributed by atoms with Gasteiger partial charge in [0.1, 0.15) is 0 Å². The van der Waals surface area contributed by atoms with Crippen LogP contribution in [0.2, 0.25) is 0 Å². The van der Waals surface area contributed by atoms with Gasteiger partial charge >= 0.3 is 0 Å². The molecule has 13 rings (SSSR count). The van der Waals surface area contributed by atoms with E-state index in [0.717, 1.165) is 22.7 Å². The number of anilines is 3. The number of benzene rings is 11. The first-order valence-electron chi connectivity index (χ1n) is 26.3. The number of nitrogens with zero attached hydrogens (tertiary/aromatic N) is 2. The molecule has 12 aromatic rings. The lowest BCUT2D eigenvalue weighted by molar-refractivity contribution is 0.573. The zero-order chi connectivity index (χ0) is 50.8. The van der Waals surface area contributed by atoms with Crippen molar-refractivity contribution in [3.05, 3.63) is 300 Å². The van der Waals surface area contributed by atoms with Crippen LogP contribution < -0.4 is 4.90 Å². The highest BCUT2D eigenvalue weighted by Crippen LogP contribution is 2.60. The summed E-state index contributed by atoms with van der Waals surface area (Å²) in [5, 5.41) is 2.50. The van der Waals surface area contributed by atoms with E-state index in [1.807, 2.05) is 0 Å². The second-order valence-electron chi connectivity index (χ2n) is 21.4. The monoisotopic (exact) mass is 962 g/mol. The summed E-state index contributed by atoms with van der Waals surface area (Å²) in [6.45, 7) is 11.7. The second-order valence-corrected chi connectivity index (χ2v) is 21.4. The molecular weight excluding hydrogens is 905 g/mol. The molecule has 1 heterocycles. The normalized spacial score (nSPS) is 12.7. The summed E-state index contributed by atoms with van der Waals surface area (Å²) in [6, 6.07) is 97.0. The highest BCUT2D eigenvalue weighted by Gasteiger charge is 2.49. The number of para-hydroxylation sites is 2. The van der Waals surface area contributed by atoms with Gasteiger partial charge in [-0.25, -0.2) is 0 Å². The van der Waals surface area contributed by atoms with E-state index >= 15 is 0 Å². The molecule has 2 nitrogen and oxygen atoms in total. The molecular formula is C73H58N2. The fraction of sp³-hybridized carbons (Fsp3) is 0.0959. The van der Waals surface area contributed by atoms with Gasteiger partial charge in [-0.05, 0) is 176 Å². The molecule has 1 aliphatic carbocycles. The number of fused-ring (bicyclic) bond motifs is 6. The maximum absolute atomic E-state index is 2.53. The number of rotatable bonds is 9. The molecule has 0 saturated carbocycles. The lowest BCUT2D eigenvalue weighted by atomic mass is 9.64. The minimum Gasteiger partial charge on any atom is -0.310 e. The molecule has 0 N–H and O–H groups in total. The van der Waals surface area contributed by atoms with Gasteiger partial charge in [0.05, 0.1) is 16.4 Å². The largest absolute Gasteiger partial charge is 0.310 e. The fourth-order valence-corrected chi connectivity index (χ4v) is 12.4. The Morgan fingerprint density at radius 1 is 0.373 bits per heavy atom. The first-order valence-corrected chi connectivity index (χ1v) is 26.3. The van der Waals surface area contributed by atoms with Gasteiger partial charge in [0, 0.05) is 33.5 Å². The predicted molar refractivity (Wildman–Crippen MR) is 317 cm³/mol. The molecule has 0 fully saturated rings. The van der Waals surface area contributed by atoms with E-state index in [9.17, 15) is 0 Å². The van der Waals surface area contributed by atoms with Crippen LogP contribution in [0.25, 0.3) is 72.0 Å². The molecule has 1 aromatic heterocycles. The molecule has 1 aliphatic rings. The predicted octanol–water partition coefficient (Wildman–Crippen LogP) is 19.5. The summed E-state index contributed by atoms with van der Waals surface area (Å²) in [7, 11) is 0. The Kier molecular flexibility index (Phi) is 11.1. The Labute approximate surface area is 441 Å². The SMILES string of the molecule is Cc1cc(-c2ccccc2)ccc1N(c1ccc2c(c1)C(c1ccccc1)(c1ccccc1)c1c-2cc(-c2ccc3c(c2)c2ccccc2n3-c2ccccc2)cc1C(C)(C)C)c1ccc(-c2ccccc2)cc1C. The van der Waals surface area contributed by atoms with Crippen LogP contribution in [0.5, 0.6) is 0 Å². The van der Waals surface area contributed by atoms with Crippen LogP contribution in [-0.4, -0.2) is 4.57 Å². The van der Waals surface area contributed by atoms with Gasteiger partial charge in [0.15, 0.2) is 0 Å². The van der Waals surface area contributed by atoms with Gasteiger partial charge in [-0.1, -0.05) is 209 Å². The molecule has 0 aliphatic heterocycles. The topological polar surface area (TPSA) is 8.17 Å². The van der Waals surface area contributed by atoms with Crippen molar-refractivity contribution in [2.75, 3.05) is 4.90 Å². The van der Waals surface area contributed by atoms with Crippen molar-refractivity contribution in [1.29, 1.82) is 0 Å². The Balaban J connectivity index is 1.07. The zero-order valence-electron chi connectivity index (χ0n) is 43.2. The maximum Gasteiger partial charge on any atom is 0.0717 e. The second kappa shape index (κ2) is 18.2. The van der Waals surface area contributed by atoms with Crippen LogP contribution in [-0.2, 0) is 10.8 Å². The van der Waals surface area contributed by atoms with Gasteiger partial charge < -0.3 is 9.47 Å². The summed E-state index contributed by atoms with van der Waals surface area (Å²) < 4.78 is 2.40. The van der Waals surface area contributed by atoms with Crippen molar-refractivity contribution in [2.45, 2.75) is 45.4 Å². The fourth-order valence-electron chi connectivity index (χ4n) is 12.4. The van der Waals surface area contributed by atoms with E-state index < -0.39 is 5.41 Å². The summed E-state index contributed by atoms with van der Waals surface area (Å²) >= 11 is 0. The van der Waals surface area contributed by atoms with Crippen LogP contribution in [0.4, 0.5) is 17.1 Å². The van der Waals surface area contributed by atoms with Gasteiger partial charge in [-0.3, -0.25) is 0 Å². The summed E-state index contributed by atoms with van der Waals surface area (Å²) in [6.07, 6.45) is 0. The van der Waals surface area contributed by atoms with E-state index in [4.69, 9.17) is 0 Å². The summed E-state index contributed by atoms with van der Waals surface area (Å²) in [5.41, 5.74) is 24.7. The van der Waals surface area contributed by atoms with Gasteiger partial charge in [0.2, 0.25) is 0 Å². The van der Waals surface area contributed by atoms with Crippen LogP contribution in [0.15, 0.2) is 261 Å². The maximum atomic E-state index is 2.53. The number of hydrogen-bond acceptors (Lipinski definition) is 1. The molecule has 0 bridgehead atoms.